The predicted octanol–water partition coefficient (Wildman–Crippen LogP) is 0.739. The van der Waals surface area contributed by atoms with E-state index in [9.17, 15) is 4.79 Å². The molecule has 54 valence electrons. The van der Waals surface area contributed by atoms with E-state index >= 15 is 0 Å². The predicted molar refractivity (Wildman–Crippen MR) is 41.7 cm³/mol. The second kappa shape index (κ2) is 15.7. The highest BCUT2D eigenvalue weighted by atomic mass is 32.1. The van der Waals surface area contributed by atoms with Crippen molar-refractivity contribution in [2.24, 2.45) is 0 Å². The Balaban J connectivity index is -0.0000000800. The van der Waals surface area contributed by atoms with Crippen molar-refractivity contribution < 1.29 is 4.79 Å². The summed E-state index contributed by atoms with van der Waals surface area (Å²) in [5, 5.41) is 8.47. The van der Waals surface area contributed by atoms with Gasteiger partial charge in [-0.25, -0.2) is 0 Å². The molecule has 0 saturated heterocycles. The van der Waals surface area contributed by atoms with Gasteiger partial charge in [0.15, 0.2) is 0 Å². The van der Waals surface area contributed by atoms with Crippen LogP contribution in [-0.2, 0) is 4.79 Å². The van der Waals surface area contributed by atoms with Gasteiger partial charge in [-0.05, 0) is 0 Å². The summed E-state index contributed by atoms with van der Waals surface area (Å²) in [5.41, 5.74) is 0. The van der Waals surface area contributed by atoms with Crippen LogP contribution in [0.15, 0.2) is 0 Å². The van der Waals surface area contributed by atoms with Gasteiger partial charge < -0.3 is 16.5 Å². The average Bonchev–Trinajstić information content (AvgIpc) is 1.69. The molecule has 0 rings (SSSR count). The first-order chi connectivity index (χ1) is 3.68. The number of hydrogen-bond donors (Lipinski definition) is 1. The summed E-state index contributed by atoms with van der Waals surface area (Å²) in [6.45, 7) is 0. The van der Waals surface area contributed by atoms with Gasteiger partial charge in [-0.15, -0.1) is 0 Å². The number of hydrogen-bond acceptors (Lipinski definition) is 2. The highest BCUT2D eigenvalue weighted by Gasteiger charge is 1.68. The van der Waals surface area contributed by atoms with Gasteiger partial charge in [0.1, 0.15) is 0 Å². The third-order valence-electron chi connectivity index (χ3n) is 0.211. The third kappa shape index (κ3) is 131. The Labute approximate surface area is 59.9 Å². The van der Waals surface area contributed by atoms with E-state index in [-0.39, 0.29) is 6.15 Å². The normalized spacial score (nSPS) is 4.67. The molecule has 4 nitrogen and oxygen atoms in total. The summed E-state index contributed by atoms with van der Waals surface area (Å²) < 4.78 is 0. The molecule has 0 aromatic rings. The Morgan fingerprint density at radius 1 is 1.67 bits per heavy atom. The molecule has 0 bridgehead atoms. The summed E-state index contributed by atoms with van der Waals surface area (Å²) in [5.74, 6) is 0. The van der Waals surface area contributed by atoms with E-state index in [1.165, 1.54) is 10.1 Å². The minimum atomic E-state index is 0. The quantitative estimate of drug-likeness (QED) is 0.339. The molecule has 0 aliphatic carbocycles. The molecule has 0 saturated carbocycles. The average molecular weight is 149 g/mol. The van der Waals surface area contributed by atoms with Crippen LogP contribution in [0.3, 0.4) is 0 Å². The third-order valence-corrected chi connectivity index (χ3v) is 0.211. The van der Waals surface area contributed by atoms with Gasteiger partial charge in [0, 0.05) is 14.1 Å². The molecular formula is C4H11N3OS. The minimum absolute atomic E-state index is 0. The first-order valence-corrected chi connectivity index (χ1v) is 2.22. The van der Waals surface area contributed by atoms with Crippen molar-refractivity contribution in [2.45, 2.75) is 0 Å². The Kier molecular flexibility index (Phi) is 27.4. The van der Waals surface area contributed by atoms with Crippen LogP contribution in [-0.4, -0.2) is 30.6 Å². The van der Waals surface area contributed by atoms with Crippen LogP contribution in [0.1, 0.15) is 0 Å². The van der Waals surface area contributed by atoms with E-state index < -0.39 is 0 Å². The van der Waals surface area contributed by atoms with Gasteiger partial charge >= 0.3 is 0 Å². The van der Waals surface area contributed by atoms with Crippen molar-refractivity contribution in [1.29, 1.82) is 0 Å². The van der Waals surface area contributed by atoms with Crippen LogP contribution in [0.2, 0.25) is 0 Å². The second-order valence-corrected chi connectivity index (χ2v) is 1.34. The van der Waals surface area contributed by atoms with Crippen molar-refractivity contribution in [3.63, 3.8) is 0 Å². The summed E-state index contributed by atoms with van der Waals surface area (Å²) >= 11 is 3.70. The standard InChI is InChI=1S/C3H7NO.CNS.H3N/c1-4(2)3-5;2-1-3;/h3H,1-2H3;;1H3/q;-1;/p+1. The molecule has 0 aromatic heterocycles. The monoisotopic (exact) mass is 149 g/mol. The number of carbonyl (C=O) groups excluding carboxylic acids is 1. The lowest BCUT2D eigenvalue weighted by atomic mass is 11.0. The molecule has 0 aliphatic heterocycles. The zero-order valence-corrected chi connectivity index (χ0v) is 6.60. The Morgan fingerprint density at radius 3 is 1.78 bits per heavy atom. The fraction of sp³-hybridized carbons (Fsp3) is 0.500. The molecule has 4 N–H and O–H groups in total. The Bertz CT molecular complexity index is 87.8. The topological polar surface area (TPSA) is 79.1 Å². The highest BCUT2D eigenvalue weighted by molar-refractivity contribution is 7.78. The maximum absolute atomic E-state index is 9.43. The summed E-state index contributed by atoms with van der Waals surface area (Å²) in [7, 11) is 3.38. The van der Waals surface area contributed by atoms with Gasteiger partial charge in [-0.3, -0.25) is 4.79 Å². The van der Waals surface area contributed by atoms with Crippen LogP contribution in [0.4, 0.5) is 0 Å². The fourth-order valence-electron chi connectivity index (χ4n) is 0. The molecule has 9 heavy (non-hydrogen) atoms. The van der Waals surface area contributed by atoms with Crippen LogP contribution in [0, 0.1) is 0 Å². The minimum Gasteiger partial charge on any atom is -0.753 e. The maximum Gasteiger partial charge on any atom is 0.209 e. The zero-order valence-electron chi connectivity index (χ0n) is 5.79. The van der Waals surface area contributed by atoms with E-state index in [1.807, 2.05) is 0 Å². The number of amides is 1. The van der Waals surface area contributed by atoms with E-state index in [2.05, 4.69) is 12.2 Å². The molecule has 0 atom stereocenters. The van der Waals surface area contributed by atoms with Gasteiger partial charge in [0.25, 0.3) is 0 Å². The van der Waals surface area contributed by atoms with E-state index in [1.54, 1.807) is 14.1 Å². The molecule has 0 spiro atoms. The van der Waals surface area contributed by atoms with Crippen molar-refractivity contribution in [3.05, 3.63) is 5.41 Å². The molecule has 1 amide bonds. The molecule has 5 heteroatoms. The molecular weight excluding hydrogens is 138 g/mol. The first kappa shape index (κ1) is 15.7. The Hall–Kier alpha value is -0.770. The molecule has 0 aliphatic rings. The fourth-order valence-corrected chi connectivity index (χ4v) is 0. The first-order valence-electron chi connectivity index (χ1n) is 1.82. The van der Waals surface area contributed by atoms with Crippen LogP contribution in [0.25, 0.3) is 5.41 Å². The smallest absolute Gasteiger partial charge is 0.209 e. The lowest BCUT2D eigenvalue weighted by molar-refractivity contribution is -0.115. The zero-order chi connectivity index (χ0) is 6.99. The van der Waals surface area contributed by atoms with Gasteiger partial charge in [0.2, 0.25) is 6.41 Å². The highest BCUT2D eigenvalue weighted by Crippen LogP contribution is 1.52. The van der Waals surface area contributed by atoms with Crippen LogP contribution >= 0.6 is 12.2 Å². The summed E-state index contributed by atoms with van der Waals surface area (Å²) in [6.07, 6.45) is 0.750. The number of quaternary nitrogens is 1. The molecule has 0 heterocycles. The number of rotatable bonds is 1. The lowest BCUT2D eigenvalue weighted by Gasteiger charge is -1.93. The molecule has 0 fully saturated rings. The van der Waals surface area contributed by atoms with Crippen molar-refractivity contribution in [1.82, 2.24) is 11.1 Å². The SMILES string of the molecule is CN(C)C=O.[N-]=C=S.[NH4+]. The van der Waals surface area contributed by atoms with Gasteiger partial charge in [0.05, 0.1) is 0 Å². The summed E-state index contributed by atoms with van der Waals surface area (Å²) in [4.78, 5) is 10.9. The van der Waals surface area contributed by atoms with Gasteiger partial charge in [-0.2, -0.15) is 5.16 Å². The van der Waals surface area contributed by atoms with Crippen molar-refractivity contribution in [3.8, 4) is 0 Å². The van der Waals surface area contributed by atoms with E-state index in [4.69, 9.17) is 5.41 Å². The van der Waals surface area contributed by atoms with Gasteiger partial charge in [-0.1, -0.05) is 12.2 Å². The van der Waals surface area contributed by atoms with Crippen LogP contribution in [0.5, 0.6) is 0 Å². The largest absolute Gasteiger partial charge is 0.753 e. The maximum atomic E-state index is 9.43. The second-order valence-electron chi connectivity index (χ2n) is 1.16. The summed E-state index contributed by atoms with van der Waals surface area (Å²) in [6, 6.07) is 0. The number of nitrogens with zero attached hydrogens (tertiary/aromatic N) is 2. The molecule has 0 unspecified atom stereocenters. The number of isothiocyanates is 1. The number of carbonyl (C=O) groups is 1. The number of thiocarbonyl (C=S) groups is 1. The van der Waals surface area contributed by atoms with Crippen molar-refractivity contribution in [2.75, 3.05) is 14.1 Å². The Morgan fingerprint density at radius 2 is 1.78 bits per heavy atom. The van der Waals surface area contributed by atoms with Crippen LogP contribution < -0.4 is 6.15 Å². The van der Waals surface area contributed by atoms with E-state index in [0.717, 1.165) is 6.41 Å². The molecule has 0 radical (unpaired) electrons. The van der Waals surface area contributed by atoms with E-state index in [0.29, 0.717) is 0 Å². The molecule has 0 aromatic carbocycles. The lowest BCUT2D eigenvalue weighted by Crippen LogP contribution is -2.06. The van der Waals surface area contributed by atoms with Crippen molar-refractivity contribution >= 4 is 23.8 Å².